The number of nitrogens with one attached hydrogen (secondary N) is 1. The summed E-state index contributed by atoms with van der Waals surface area (Å²) in [7, 11) is 0. The van der Waals surface area contributed by atoms with E-state index in [1.807, 2.05) is 12.1 Å². The van der Waals surface area contributed by atoms with Gasteiger partial charge in [-0.05, 0) is 40.2 Å². The largest absolute Gasteiger partial charge is 0.308 e. The summed E-state index contributed by atoms with van der Waals surface area (Å²) in [4.78, 5) is 1.12. The van der Waals surface area contributed by atoms with E-state index in [1.54, 1.807) is 11.3 Å². The van der Waals surface area contributed by atoms with Crippen molar-refractivity contribution < 1.29 is 8.78 Å². The highest BCUT2D eigenvalue weighted by atomic mass is 79.9. The lowest BCUT2D eigenvalue weighted by Gasteiger charge is -2.05. The minimum Gasteiger partial charge on any atom is -0.308 e. The summed E-state index contributed by atoms with van der Waals surface area (Å²) < 4.78 is 27.6. The fourth-order valence-corrected chi connectivity index (χ4v) is 2.91. The Kier molecular flexibility index (Phi) is 4.25. The van der Waals surface area contributed by atoms with Crippen LogP contribution < -0.4 is 5.32 Å². The molecule has 90 valence electrons. The highest BCUT2D eigenvalue weighted by molar-refractivity contribution is 9.11. The summed E-state index contributed by atoms with van der Waals surface area (Å²) in [6.07, 6.45) is 0. The van der Waals surface area contributed by atoms with Crippen molar-refractivity contribution in [1.82, 2.24) is 5.32 Å². The van der Waals surface area contributed by atoms with Gasteiger partial charge in [-0.25, -0.2) is 8.78 Å². The van der Waals surface area contributed by atoms with Gasteiger partial charge >= 0.3 is 0 Å². The smallest absolute Gasteiger partial charge is 0.130 e. The van der Waals surface area contributed by atoms with E-state index in [0.717, 1.165) is 8.66 Å². The monoisotopic (exact) mass is 317 g/mol. The molecule has 5 heteroatoms. The number of thiophene rings is 1. The van der Waals surface area contributed by atoms with Crippen molar-refractivity contribution >= 4 is 27.3 Å². The number of benzene rings is 1. The Labute approximate surface area is 111 Å². The van der Waals surface area contributed by atoms with Gasteiger partial charge in [0.2, 0.25) is 0 Å². The van der Waals surface area contributed by atoms with E-state index < -0.39 is 11.6 Å². The Bertz CT molecular complexity index is 493. The average Bonchev–Trinajstić information content (AvgIpc) is 2.69. The predicted octanol–water partition coefficient (Wildman–Crippen LogP) is 4.08. The first-order chi connectivity index (χ1) is 8.16. The van der Waals surface area contributed by atoms with Crippen molar-refractivity contribution in [3.05, 3.63) is 56.2 Å². The maximum atomic E-state index is 13.3. The molecule has 1 aromatic carbocycles. The molecule has 0 radical (unpaired) electrons. The average molecular weight is 318 g/mol. The van der Waals surface area contributed by atoms with Crippen LogP contribution in [-0.2, 0) is 13.1 Å². The lowest BCUT2D eigenvalue weighted by molar-refractivity contribution is 0.536. The van der Waals surface area contributed by atoms with E-state index in [2.05, 4.69) is 21.2 Å². The Morgan fingerprint density at radius 2 is 1.76 bits per heavy atom. The van der Waals surface area contributed by atoms with E-state index in [-0.39, 0.29) is 12.1 Å². The predicted molar refractivity (Wildman–Crippen MR) is 68.9 cm³/mol. The van der Waals surface area contributed by atoms with Gasteiger partial charge in [-0.2, -0.15) is 0 Å². The first-order valence-electron chi connectivity index (χ1n) is 5.04. The molecular formula is C12H10BrF2NS. The molecule has 0 fully saturated rings. The molecule has 0 bridgehead atoms. The van der Waals surface area contributed by atoms with Gasteiger partial charge in [-0.3, -0.25) is 0 Å². The molecule has 2 rings (SSSR count). The number of hydrogen-bond donors (Lipinski definition) is 1. The second-order valence-electron chi connectivity index (χ2n) is 3.51. The third-order valence-corrected chi connectivity index (χ3v) is 3.92. The number of rotatable bonds is 4. The fourth-order valence-electron chi connectivity index (χ4n) is 1.46. The number of halogens is 3. The fraction of sp³-hybridized carbons (Fsp3) is 0.167. The second-order valence-corrected chi connectivity index (χ2v) is 6.06. The van der Waals surface area contributed by atoms with E-state index in [0.29, 0.717) is 6.54 Å². The van der Waals surface area contributed by atoms with E-state index in [4.69, 9.17) is 0 Å². The minimum atomic E-state index is -0.509. The van der Waals surface area contributed by atoms with Crippen molar-refractivity contribution in [2.24, 2.45) is 0 Å². The summed E-state index contributed by atoms with van der Waals surface area (Å²) in [5.41, 5.74) is 0.0862. The van der Waals surface area contributed by atoms with E-state index in [9.17, 15) is 8.78 Å². The SMILES string of the molecule is Fc1cccc(F)c1CNCc1ccc(Br)s1. The lowest BCUT2D eigenvalue weighted by Crippen LogP contribution is -2.14. The van der Waals surface area contributed by atoms with Crippen molar-refractivity contribution in [3.63, 3.8) is 0 Å². The first-order valence-corrected chi connectivity index (χ1v) is 6.65. The summed E-state index contributed by atoms with van der Waals surface area (Å²) >= 11 is 4.96. The standard InChI is InChI=1S/C12H10BrF2NS/c13-12-5-4-8(17-12)6-16-7-9-10(14)2-1-3-11(9)15/h1-5,16H,6-7H2. The van der Waals surface area contributed by atoms with Gasteiger partial charge in [0.25, 0.3) is 0 Å². The minimum absolute atomic E-state index is 0.0862. The van der Waals surface area contributed by atoms with Crippen molar-refractivity contribution in [2.75, 3.05) is 0 Å². The molecule has 0 aliphatic heterocycles. The first kappa shape index (κ1) is 12.7. The molecule has 0 saturated carbocycles. The molecule has 1 N–H and O–H groups in total. The topological polar surface area (TPSA) is 12.0 Å². The molecule has 0 aliphatic rings. The molecule has 1 aromatic heterocycles. The normalized spacial score (nSPS) is 10.8. The molecule has 0 aliphatic carbocycles. The van der Waals surface area contributed by atoms with Crippen molar-refractivity contribution in [3.8, 4) is 0 Å². The van der Waals surface area contributed by atoms with Crippen LogP contribution in [-0.4, -0.2) is 0 Å². The van der Waals surface area contributed by atoms with E-state index in [1.165, 1.54) is 18.2 Å². The molecule has 0 atom stereocenters. The van der Waals surface area contributed by atoms with Gasteiger partial charge in [0, 0.05) is 23.5 Å². The number of hydrogen-bond acceptors (Lipinski definition) is 2. The quantitative estimate of drug-likeness (QED) is 0.896. The molecule has 0 saturated heterocycles. The summed E-state index contributed by atoms with van der Waals surface area (Å²) in [6, 6.07) is 7.82. The van der Waals surface area contributed by atoms with Crippen LogP contribution >= 0.6 is 27.3 Å². The molecule has 0 spiro atoms. The third kappa shape index (κ3) is 3.34. The van der Waals surface area contributed by atoms with Crippen LogP contribution in [0.15, 0.2) is 34.1 Å². The molecule has 1 nitrogen and oxygen atoms in total. The second kappa shape index (κ2) is 5.71. The van der Waals surface area contributed by atoms with Crippen LogP contribution in [0.3, 0.4) is 0 Å². The van der Waals surface area contributed by atoms with Gasteiger partial charge in [0.05, 0.1) is 3.79 Å². The molecular weight excluding hydrogens is 308 g/mol. The van der Waals surface area contributed by atoms with Gasteiger partial charge in [-0.1, -0.05) is 6.07 Å². The maximum absolute atomic E-state index is 13.3. The highest BCUT2D eigenvalue weighted by Gasteiger charge is 2.07. The zero-order valence-corrected chi connectivity index (χ0v) is 11.2. The Balaban J connectivity index is 1.94. The summed E-state index contributed by atoms with van der Waals surface area (Å²) in [5.74, 6) is -1.02. The molecule has 17 heavy (non-hydrogen) atoms. The van der Waals surface area contributed by atoms with Crippen LogP contribution in [0.4, 0.5) is 8.78 Å². The highest BCUT2D eigenvalue weighted by Crippen LogP contribution is 2.22. The molecule has 1 heterocycles. The van der Waals surface area contributed by atoms with Crippen LogP contribution in [0.1, 0.15) is 10.4 Å². The Hall–Kier alpha value is -0.780. The van der Waals surface area contributed by atoms with Crippen molar-refractivity contribution in [1.29, 1.82) is 0 Å². The third-order valence-electron chi connectivity index (χ3n) is 2.29. The van der Waals surface area contributed by atoms with Gasteiger partial charge in [0.15, 0.2) is 0 Å². The summed E-state index contributed by atoms with van der Waals surface area (Å²) in [6.45, 7) is 0.790. The Morgan fingerprint density at radius 3 is 2.35 bits per heavy atom. The maximum Gasteiger partial charge on any atom is 0.130 e. The Morgan fingerprint density at radius 1 is 1.06 bits per heavy atom. The van der Waals surface area contributed by atoms with Crippen LogP contribution in [0.25, 0.3) is 0 Å². The van der Waals surface area contributed by atoms with Crippen LogP contribution in [0.2, 0.25) is 0 Å². The zero-order chi connectivity index (χ0) is 12.3. The van der Waals surface area contributed by atoms with E-state index >= 15 is 0 Å². The van der Waals surface area contributed by atoms with Crippen LogP contribution in [0.5, 0.6) is 0 Å². The molecule has 0 unspecified atom stereocenters. The lowest BCUT2D eigenvalue weighted by atomic mass is 10.2. The van der Waals surface area contributed by atoms with Gasteiger partial charge in [0.1, 0.15) is 11.6 Å². The van der Waals surface area contributed by atoms with Gasteiger partial charge < -0.3 is 5.32 Å². The van der Waals surface area contributed by atoms with Crippen LogP contribution in [0, 0.1) is 11.6 Å². The summed E-state index contributed by atoms with van der Waals surface area (Å²) in [5, 5.41) is 3.02. The molecule has 2 aromatic rings. The van der Waals surface area contributed by atoms with Gasteiger partial charge in [-0.15, -0.1) is 11.3 Å². The molecule has 0 amide bonds. The zero-order valence-electron chi connectivity index (χ0n) is 8.84. The van der Waals surface area contributed by atoms with Crippen molar-refractivity contribution in [2.45, 2.75) is 13.1 Å².